The van der Waals surface area contributed by atoms with Crippen molar-refractivity contribution in [2.45, 2.75) is 13.5 Å². The normalized spacial score (nSPS) is 24.8. The van der Waals surface area contributed by atoms with Gasteiger partial charge in [0.1, 0.15) is 5.82 Å². The van der Waals surface area contributed by atoms with E-state index in [2.05, 4.69) is 11.8 Å². The highest BCUT2D eigenvalue weighted by Crippen LogP contribution is 2.27. The van der Waals surface area contributed by atoms with Crippen molar-refractivity contribution in [1.82, 2.24) is 9.80 Å². The average molecular weight is 331 g/mol. The SMILES string of the molecule is C[C@@H]1CN(Cc2cc(C#N)ccc2F)C[C@H]1C(=O)N1CCOCC1. The van der Waals surface area contributed by atoms with Crippen LogP contribution in [0.15, 0.2) is 18.2 Å². The van der Waals surface area contributed by atoms with Crippen molar-refractivity contribution in [3.63, 3.8) is 0 Å². The lowest BCUT2D eigenvalue weighted by Crippen LogP contribution is -2.45. The first-order valence-electron chi connectivity index (χ1n) is 8.36. The maximum atomic E-state index is 14.0. The smallest absolute Gasteiger partial charge is 0.227 e. The van der Waals surface area contributed by atoms with Crippen LogP contribution >= 0.6 is 0 Å². The van der Waals surface area contributed by atoms with Gasteiger partial charge in [0.2, 0.25) is 5.91 Å². The van der Waals surface area contributed by atoms with Crippen molar-refractivity contribution in [1.29, 1.82) is 5.26 Å². The maximum Gasteiger partial charge on any atom is 0.227 e. The summed E-state index contributed by atoms with van der Waals surface area (Å²) in [5.74, 6) is 0.0667. The number of halogens is 1. The first-order valence-corrected chi connectivity index (χ1v) is 8.36. The molecule has 128 valence electrons. The van der Waals surface area contributed by atoms with Crippen LogP contribution in [0, 0.1) is 29.0 Å². The van der Waals surface area contributed by atoms with E-state index >= 15 is 0 Å². The minimum absolute atomic E-state index is 0.0506. The van der Waals surface area contributed by atoms with Gasteiger partial charge in [-0.25, -0.2) is 4.39 Å². The fourth-order valence-corrected chi connectivity index (χ4v) is 3.54. The molecule has 2 fully saturated rings. The van der Waals surface area contributed by atoms with Crippen molar-refractivity contribution in [3.05, 3.63) is 35.1 Å². The lowest BCUT2D eigenvalue weighted by Gasteiger charge is -2.30. The van der Waals surface area contributed by atoms with E-state index in [0.29, 0.717) is 50.5 Å². The zero-order chi connectivity index (χ0) is 17.1. The molecular weight excluding hydrogens is 309 g/mol. The Bertz CT molecular complexity index is 652. The summed E-state index contributed by atoms with van der Waals surface area (Å²) < 4.78 is 19.3. The Kier molecular flexibility index (Phi) is 5.12. The Hall–Kier alpha value is -1.97. The Morgan fingerprint density at radius 1 is 1.38 bits per heavy atom. The lowest BCUT2D eigenvalue weighted by molar-refractivity contribution is -0.140. The number of hydrogen-bond acceptors (Lipinski definition) is 4. The Balaban J connectivity index is 1.65. The van der Waals surface area contributed by atoms with Crippen molar-refractivity contribution in [3.8, 4) is 6.07 Å². The molecule has 2 saturated heterocycles. The Labute approximate surface area is 141 Å². The van der Waals surface area contributed by atoms with Crippen LogP contribution in [0.3, 0.4) is 0 Å². The number of ether oxygens (including phenoxy) is 1. The maximum absolute atomic E-state index is 14.0. The average Bonchev–Trinajstić information content (AvgIpc) is 2.97. The summed E-state index contributed by atoms with van der Waals surface area (Å²) in [5, 5.41) is 8.97. The third-order valence-electron chi connectivity index (χ3n) is 4.90. The van der Waals surface area contributed by atoms with E-state index in [0.717, 1.165) is 6.54 Å². The van der Waals surface area contributed by atoms with Crippen molar-refractivity contribution in [2.75, 3.05) is 39.4 Å². The van der Waals surface area contributed by atoms with Crippen LogP contribution in [-0.2, 0) is 16.1 Å². The molecule has 6 heteroatoms. The van der Waals surface area contributed by atoms with Crippen LogP contribution < -0.4 is 0 Å². The number of carbonyl (C=O) groups is 1. The monoisotopic (exact) mass is 331 g/mol. The van der Waals surface area contributed by atoms with Crippen LogP contribution in [0.5, 0.6) is 0 Å². The molecule has 0 aromatic heterocycles. The van der Waals surface area contributed by atoms with E-state index in [1.807, 2.05) is 11.0 Å². The Morgan fingerprint density at radius 3 is 2.83 bits per heavy atom. The fourth-order valence-electron chi connectivity index (χ4n) is 3.54. The molecule has 0 N–H and O–H groups in total. The number of rotatable bonds is 3. The topological polar surface area (TPSA) is 56.6 Å². The number of carbonyl (C=O) groups excluding carboxylic acids is 1. The molecule has 2 heterocycles. The van der Waals surface area contributed by atoms with Gasteiger partial charge in [-0.3, -0.25) is 9.69 Å². The fraction of sp³-hybridized carbons (Fsp3) is 0.556. The third-order valence-corrected chi connectivity index (χ3v) is 4.90. The van der Waals surface area contributed by atoms with E-state index in [4.69, 9.17) is 10.00 Å². The highest BCUT2D eigenvalue weighted by atomic mass is 19.1. The molecule has 2 aliphatic heterocycles. The molecule has 0 saturated carbocycles. The number of amides is 1. The molecule has 0 bridgehead atoms. The van der Waals surface area contributed by atoms with Crippen LogP contribution in [0.1, 0.15) is 18.1 Å². The second kappa shape index (κ2) is 7.29. The third kappa shape index (κ3) is 3.58. The summed E-state index contributed by atoms with van der Waals surface area (Å²) in [6, 6.07) is 6.45. The molecule has 2 atom stereocenters. The Morgan fingerprint density at radius 2 is 2.12 bits per heavy atom. The van der Waals surface area contributed by atoms with Crippen LogP contribution in [0.25, 0.3) is 0 Å². The zero-order valence-corrected chi connectivity index (χ0v) is 13.9. The largest absolute Gasteiger partial charge is 0.378 e. The number of benzene rings is 1. The molecule has 0 spiro atoms. The first-order chi connectivity index (χ1) is 11.6. The zero-order valence-electron chi connectivity index (χ0n) is 13.9. The second-order valence-corrected chi connectivity index (χ2v) is 6.63. The lowest BCUT2D eigenvalue weighted by atomic mass is 9.96. The van der Waals surface area contributed by atoms with Gasteiger partial charge >= 0.3 is 0 Å². The van der Waals surface area contributed by atoms with Gasteiger partial charge in [0.05, 0.1) is 30.8 Å². The molecule has 2 aliphatic rings. The van der Waals surface area contributed by atoms with E-state index in [1.54, 1.807) is 6.07 Å². The summed E-state index contributed by atoms with van der Waals surface area (Å²) in [4.78, 5) is 16.7. The van der Waals surface area contributed by atoms with Crippen molar-refractivity contribution >= 4 is 5.91 Å². The van der Waals surface area contributed by atoms with Gasteiger partial charge < -0.3 is 9.64 Å². The summed E-state index contributed by atoms with van der Waals surface area (Å²) in [6.07, 6.45) is 0. The molecule has 5 nitrogen and oxygen atoms in total. The van der Waals surface area contributed by atoms with Gasteiger partial charge in [0.25, 0.3) is 0 Å². The summed E-state index contributed by atoms with van der Waals surface area (Å²) >= 11 is 0. The summed E-state index contributed by atoms with van der Waals surface area (Å²) in [6.45, 7) is 6.40. The van der Waals surface area contributed by atoms with Gasteiger partial charge in [-0.05, 0) is 24.1 Å². The summed E-state index contributed by atoms with van der Waals surface area (Å²) in [5.41, 5.74) is 0.973. The highest BCUT2D eigenvalue weighted by Gasteiger charge is 2.37. The molecule has 0 unspecified atom stereocenters. The standard InChI is InChI=1S/C18H22FN3O2/c1-13-10-21(11-15-8-14(9-20)2-3-17(15)19)12-16(13)18(23)22-4-6-24-7-5-22/h2-3,8,13,16H,4-7,10-12H2,1H3/t13-,16-/m1/s1. The van der Waals surface area contributed by atoms with Crippen molar-refractivity contribution in [2.24, 2.45) is 11.8 Å². The van der Waals surface area contributed by atoms with Gasteiger partial charge in [-0.1, -0.05) is 6.92 Å². The molecule has 0 radical (unpaired) electrons. The predicted molar refractivity (Wildman–Crippen MR) is 86.4 cm³/mol. The molecule has 0 aliphatic carbocycles. The molecule has 1 aromatic carbocycles. The molecule has 3 rings (SSSR count). The number of nitriles is 1. The number of likely N-dealkylation sites (tertiary alicyclic amines) is 1. The molecular formula is C18H22FN3O2. The molecule has 1 amide bonds. The number of morpholine rings is 1. The van der Waals surface area contributed by atoms with E-state index < -0.39 is 0 Å². The van der Waals surface area contributed by atoms with Gasteiger partial charge in [-0.2, -0.15) is 5.26 Å². The van der Waals surface area contributed by atoms with Gasteiger partial charge in [-0.15, -0.1) is 0 Å². The van der Waals surface area contributed by atoms with Gasteiger partial charge in [0, 0.05) is 38.3 Å². The molecule has 24 heavy (non-hydrogen) atoms. The van der Waals surface area contributed by atoms with Crippen molar-refractivity contribution < 1.29 is 13.9 Å². The van der Waals surface area contributed by atoms with E-state index in [1.165, 1.54) is 12.1 Å². The van der Waals surface area contributed by atoms with Crippen LogP contribution in [0.2, 0.25) is 0 Å². The number of nitrogens with zero attached hydrogens (tertiary/aromatic N) is 3. The van der Waals surface area contributed by atoms with E-state index in [9.17, 15) is 9.18 Å². The quantitative estimate of drug-likeness (QED) is 0.845. The predicted octanol–water partition coefficient (Wildman–Crippen LogP) is 1.62. The summed E-state index contributed by atoms with van der Waals surface area (Å²) in [7, 11) is 0. The van der Waals surface area contributed by atoms with E-state index in [-0.39, 0.29) is 23.6 Å². The first kappa shape index (κ1) is 16.9. The second-order valence-electron chi connectivity index (χ2n) is 6.63. The number of hydrogen-bond donors (Lipinski definition) is 0. The molecule has 1 aromatic rings. The van der Waals surface area contributed by atoms with Crippen LogP contribution in [-0.4, -0.2) is 55.1 Å². The van der Waals surface area contributed by atoms with Crippen LogP contribution in [0.4, 0.5) is 4.39 Å². The minimum atomic E-state index is -0.301. The van der Waals surface area contributed by atoms with Gasteiger partial charge in [0.15, 0.2) is 0 Å². The minimum Gasteiger partial charge on any atom is -0.378 e. The highest BCUT2D eigenvalue weighted by molar-refractivity contribution is 5.79.